The molecule has 0 spiro atoms. The highest BCUT2D eigenvalue weighted by atomic mass is 16.2. The fourth-order valence-electron chi connectivity index (χ4n) is 3.86. The average molecular weight is 373 g/mol. The monoisotopic (exact) mass is 372 g/mol. The van der Waals surface area contributed by atoms with Crippen LogP contribution in [0.2, 0.25) is 0 Å². The molecule has 6 nitrogen and oxygen atoms in total. The quantitative estimate of drug-likeness (QED) is 0.681. The van der Waals surface area contributed by atoms with Crippen molar-refractivity contribution in [1.82, 2.24) is 15.5 Å². The van der Waals surface area contributed by atoms with E-state index in [9.17, 15) is 9.59 Å². The minimum absolute atomic E-state index is 0.117. The van der Waals surface area contributed by atoms with Gasteiger partial charge in [0.2, 0.25) is 11.8 Å². The van der Waals surface area contributed by atoms with Crippen LogP contribution >= 0.6 is 0 Å². The molecule has 6 heteroatoms. The van der Waals surface area contributed by atoms with Crippen molar-refractivity contribution in [2.75, 3.05) is 50.7 Å². The van der Waals surface area contributed by atoms with Crippen molar-refractivity contribution in [3.05, 3.63) is 30.3 Å². The summed E-state index contributed by atoms with van der Waals surface area (Å²) >= 11 is 0. The molecule has 2 fully saturated rings. The summed E-state index contributed by atoms with van der Waals surface area (Å²) in [5.41, 5.74) is 1.22. The molecule has 1 aromatic rings. The number of nitrogens with zero attached hydrogens (tertiary/aromatic N) is 2. The number of hydrogen-bond donors (Lipinski definition) is 2. The first kappa shape index (κ1) is 19.7. The van der Waals surface area contributed by atoms with E-state index in [4.69, 9.17) is 0 Å². The molecule has 2 aliphatic heterocycles. The number of para-hydroxylation sites is 1. The molecule has 0 bridgehead atoms. The first-order valence-corrected chi connectivity index (χ1v) is 10.3. The summed E-state index contributed by atoms with van der Waals surface area (Å²) in [5, 5.41) is 6.28. The second kappa shape index (κ2) is 10.3. The molecule has 2 heterocycles. The van der Waals surface area contributed by atoms with E-state index in [1.165, 1.54) is 12.1 Å². The summed E-state index contributed by atoms with van der Waals surface area (Å²) in [5.74, 6) is 0.965. The number of amides is 2. The molecule has 2 saturated heterocycles. The molecule has 3 rings (SSSR count). The normalized spacial score (nSPS) is 19.9. The van der Waals surface area contributed by atoms with Crippen molar-refractivity contribution < 1.29 is 9.59 Å². The van der Waals surface area contributed by atoms with Crippen molar-refractivity contribution in [1.29, 1.82) is 0 Å². The van der Waals surface area contributed by atoms with Crippen LogP contribution in [0.5, 0.6) is 0 Å². The van der Waals surface area contributed by atoms with Gasteiger partial charge in [0, 0.05) is 51.3 Å². The predicted molar refractivity (Wildman–Crippen MR) is 108 cm³/mol. The second-order valence-corrected chi connectivity index (χ2v) is 7.55. The summed E-state index contributed by atoms with van der Waals surface area (Å²) < 4.78 is 0. The van der Waals surface area contributed by atoms with Gasteiger partial charge < -0.3 is 20.4 Å². The number of anilines is 1. The Balaban J connectivity index is 1.26. The highest BCUT2D eigenvalue weighted by Crippen LogP contribution is 2.16. The molecule has 148 valence electrons. The van der Waals surface area contributed by atoms with Crippen molar-refractivity contribution in [2.24, 2.45) is 5.92 Å². The van der Waals surface area contributed by atoms with Crippen LogP contribution in [-0.2, 0) is 9.59 Å². The number of carbonyl (C=O) groups is 2. The molecular weight excluding hydrogens is 340 g/mol. The Kier molecular flexibility index (Phi) is 7.51. The van der Waals surface area contributed by atoms with Gasteiger partial charge in [0.1, 0.15) is 0 Å². The molecule has 0 saturated carbocycles. The minimum atomic E-state index is 0.117. The Bertz CT molecular complexity index is 593. The molecule has 1 atom stereocenters. The lowest BCUT2D eigenvalue weighted by atomic mass is 10.0. The van der Waals surface area contributed by atoms with Crippen LogP contribution in [0.25, 0.3) is 0 Å². The Labute approximate surface area is 162 Å². The summed E-state index contributed by atoms with van der Waals surface area (Å²) in [6, 6.07) is 10.3. The van der Waals surface area contributed by atoms with Gasteiger partial charge in [0.05, 0.1) is 0 Å². The lowest BCUT2D eigenvalue weighted by molar-refractivity contribution is -0.131. The zero-order chi connectivity index (χ0) is 18.9. The van der Waals surface area contributed by atoms with E-state index in [0.717, 1.165) is 45.7 Å². The van der Waals surface area contributed by atoms with E-state index in [1.807, 2.05) is 23.1 Å². The third kappa shape index (κ3) is 6.24. The van der Waals surface area contributed by atoms with Crippen molar-refractivity contribution in [2.45, 2.75) is 32.1 Å². The van der Waals surface area contributed by atoms with E-state index < -0.39 is 0 Å². The predicted octanol–water partition coefficient (Wildman–Crippen LogP) is 1.62. The molecule has 0 aromatic heterocycles. The second-order valence-electron chi connectivity index (χ2n) is 7.55. The Morgan fingerprint density at radius 2 is 1.85 bits per heavy atom. The molecule has 2 aliphatic rings. The maximum Gasteiger partial charge on any atom is 0.222 e. The van der Waals surface area contributed by atoms with E-state index in [-0.39, 0.29) is 11.8 Å². The third-order valence-electron chi connectivity index (χ3n) is 5.59. The molecule has 0 radical (unpaired) electrons. The number of carbonyl (C=O) groups excluding carboxylic acids is 2. The standard InChI is InChI=1S/C21H32N4O2/c26-20(9-8-18-10-12-22-17-18)23-11-4-7-21(27)25-15-13-24(14-16-25)19-5-2-1-3-6-19/h1-3,5-6,18,22H,4,7-17H2,(H,23,26). The number of nitrogens with one attached hydrogen (secondary N) is 2. The van der Waals surface area contributed by atoms with Crippen molar-refractivity contribution in [3.8, 4) is 0 Å². The van der Waals surface area contributed by atoms with Gasteiger partial charge in [-0.2, -0.15) is 0 Å². The van der Waals surface area contributed by atoms with E-state index in [0.29, 0.717) is 31.7 Å². The number of benzene rings is 1. The average Bonchev–Trinajstić information content (AvgIpc) is 3.24. The van der Waals surface area contributed by atoms with Gasteiger partial charge in [-0.1, -0.05) is 18.2 Å². The fraction of sp³-hybridized carbons (Fsp3) is 0.619. The highest BCUT2D eigenvalue weighted by molar-refractivity contribution is 5.77. The third-order valence-corrected chi connectivity index (χ3v) is 5.59. The summed E-state index contributed by atoms with van der Waals surface area (Å²) in [6.07, 6.45) is 3.97. The van der Waals surface area contributed by atoms with Crippen LogP contribution in [0, 0.1) is 5.92 Å². The van der Waals surface area contributed by atoms with Crippen LogP contribution in [0.15, 0.2) is 30.3 Å². The van der Waals surface area contributed by atoms with Gasteiger partial charge in [-0.15, -0.1) is 0 Å². The smallest absolute Gasteiger partial charge is 0.222 e. The zero-order valence-corrected chi connectivity index (χ0v) is 16.2. The van der Waals surface area contributed by atoms with Gasteiger partial charge in [-0.25, -0.2) is 0 Å². The summed E-state index contributed by atoms with van der Waals surface area (Å²) in [7, 11) is 0. The fourth-order valence-corrected chi connectivity index (χ4v) is 3.86. The van der Waals surface area contributed by atoms with Gasteiger partial charge in [0.15, 0.2) is 0 Å². The van der Waals surface area contributed by atoms with Crippen LogP contribution < -0.4 is 15.5 Å². The molecular formula is C21H32N4O2. The Morgan fingerprint density at radius 1 is 1.07 bits per heavy atom. The van der Waals surface area contributed by atoms with Crippen molar-refractivity contribution in [3.63, 3.8) is 0 Å². The van der Waals surface area contributed by atoms with E-state index in [1.54, 1.807) is 0 Å². The highest BCUT2D eigenvalue weighted by Gasteiger charge is 2.21. The van der Waals surface area contributed by atoms with Crippen LogP contribution in [0.3, 0.4) is 0 Å². The van der Waals surface area contributed by atoms with E-state index >= 15 is 0 Å². The van der Waals surface area contributed by atoms with Crippen molar-refractivity contribution >= 4 is 17.5 Å². The lowest BCUT2D eigenvalue weighted by Gasteiger charge is -2.36. The molecule has 2 amide bonds. The summed E-state index contributed by atoms with van der Waals surface area (Å²) in [4.78, 5) is 28.5. The van der Waals surface area contributed by atoms with E-state index in [2.05, 4.69) is 27.7 Å². The molecule has 1 aromatic carbocycles. The van der Waals surface area contributed by atoms with Crippen LogP contribution in [-0.4, -0.2) is 62.5 Å². The topological polar surface area (TPSA) is 64.7 Å². The van der Waals surface area contributed by atoms with Crippen LogP contribution in [0.1, 0.15) is 32.1 Å². The SMILES string of the molecule is O=C(CCC1CCNC1)NCCCC(=O)N1CCN(c2ccccc2)CC1. The van der Waals surface area contributed by atoms with Gasteiger partial charge >= 0.3 is 0 Å². The van der Waals surface area contributed by atoms with Gasteiger partial charge in [0.25, 0.3) is 0 Å². The number of hydrogen-bond acceptors (Lipinski definition) is 4. The summed E-state index contributed by atoms with van der Waals surface area (Å²) in [6.45, 7) is 6.01. The molecule has 2 N–H and O–H groups in total. The zero-order valence-electron chi connectivity index (χ0n) is 16.2. The molecule has 1 unspecified atom stereocenters. The lowest BCUT2D eigenvalue weighted by Crippen LogP contribution is -2.48. The Morgan fingerprint density at radius 3 is 2.56 bits per heavy atom. The maximum absolute atomic E-state index is 12.4. The maximum atomic E-state index is 12.4. The largest absolute Gasteiger partial charge is 0.368 e. The first-order valence-electron chi connectivity index (χ1n) is 10.3. The van der Waals surface area contributed by atoms with Gasteiger partial charge in [-0.05, 0) is 50.4 Å². The molecule has 0 aliphatic carbocycles. The minimum Gasteiger partial charge on any atom is -0.368 e. The Hall–Kier alpha value is -2.08. The van der Waals surface area contributed by atoms with Gasteiger partial charge in [-0.3, -0.25) is 9.59 Å². The molecule has 27 heavy (non-hydrogen) atoms. The van der Waals surface area contributed by atoms with Crippen LogP contribution in [0.4, 0.5) is 5.69 Å². The first-order chi connectivity index (χ1) is 13.2. The number of rotatable bonds is 8. The number of piperazine rings is 1.